The topological polar surface area (TPSA) is 71.2 Å². The van der Waals surface area contributed by atoms with Gasteiger partial charge in [-0.25, -0.2) is 9.67 Å². The predicted molar refractivity (Wildman–Crippen MR) is 131 cm³/mol. The van der Waals surface area contributed by atoms with Gasteiger partial charge in [-0.3, -0.25) is 0 Å². The van der Waals surface area contributed by atoms with E-state index < -0.39 is 11.7 Å². The lowest BCUT2D eigenvalue weighted by molar-refractivity contribution is -0.137. The minimum atomic E-state index is -4.56. The molecule has 5 nitrogen and oxygen atoms in total. The summed E-state index contributed by atoms with van der Waals surface area (Å²) in [5, 5.41) is 24.4. The molecule has 0 amide bonds. The third kappa shape index (κ3) is 4.40. The third-order valence-corrected chi connectivity index (χ3v) is 5.71. The zero-order valence-electron chi connectivity index (χ0n) is 19.0. The van der Waals surface area contributed by atoms with Crippen molar-refractivity contribution in [2.45, 2.75) is 13.1 Å². The average Bonchev–Trinajstić information content (AvgIpc) is 3.25. The maximum Gasteiger partial charge on any atom is 0.416 e. The van der Waals surface area contributed by atoms with Crippen LogP contribution in [0.1, 0.15) is 11.3 Å². The van der Waals surface area contributed by atoms with Crippen molar-refractivity contribution in [3.63, 3.8) is 0 Å². The molecular formula is C28H20F3N3O2. The molecule has 0 saturated carbocycles. The summed E-state index contributed by atoms with van der Waals surface area (Å²) in [6.45, 7) is 1.50. The Morgan fingerprint density at radius 3 is 1.89 bits per heavy atom. The predicted octanol–water partition coefficient (Wildman–Crippen LogP) is 7.01. The van der Waals surface area contributed by atoms with E-state index in [1.807, 2.05) is 30.3 Å². The van der Waals surface area contributed by atoms with Gasteiger partial charge in [0.2, 0.25) is 0 Å². The number of phenolic OH excluding ortho intramolecular Hbond substituents is 2. The van der Waals surface area contributed by atoms with Gasteiger partial charge in [-0.2, -0.15) is 18.3 Å². The molecule has 8 heteroatoms. The summed E-state index contributed by atoms with van der Waals surface area (Å²) < 4.78 is 42.4. The molecule has 5 aromatic rings. The Labute approximate surface area is 204 Å². The maximum absolute atomic E-state index is 13.7. The van der Waals surface area contributed by atoms with E-state index in [4.69, 9.17) is 5.10 Å². The summed E-state index contributed by atoms with van der Waals surface area (Å²) in [5.74, 6) is 0.138. The number of pyridine rings is 1. The molecule has 0 spiro atoms. The summed E-state index contributed by atoms with van der Waals surface area (Å²) in [7, 11) is 0. The summed E-state index contributed by atoms with van der Waals surface area (Å²) in [6.07, 6.45) is -4.56. The van der Waals surface area contributed by atoms with E-state index in [0.29, 0.717) is 28.1 Å². The fourth-order valence-corrected chi connectivity index (χ4v) is 4.09. The lowest BCUT2D eigenvalue weighted by Gasteiger charge is -2.13. The van der Waals surface area contributed by atoms with Gasteiger partial charge >= 0.3 is 6.18 Å². The molecule has 0 bridgehead atoms. The SMILES string of the molecule is Cc1cc(C(F)(F)F)cc(-n2nc(-c3ccc(O)cc3)c(-c3ccccc3)c2-c2ccc(O)cc2)n1. The zero-order valence-corrected chi connectivity index (χ0v) is 19.0. The number of aryl methyl sites for hydroxylation is 1. The summed E-state index contributed by atoms with van der Waals surface area (Å²) in [5.41, 5.74) is 3.12. The van der Waals surface area contributed by atoms with Crippen LogP contribution in [0.5, 0.6) is 11.5 Å². The second-order valence-electron chi connectivity index (χ2n) is 8.30. The van der Waals surface area contributed by atoms with Crippen LogP contribution in [0.2, 0.25) is 0 Å². The molecule has 0 aliphatic heterocycles. The quantitative estimate of drug-likeness (QED) is 0.286. The van der Waals surface area contributed by atoms with Gasteiger partial charge in [0.25, 0.3) is 0 Å². The van der Waals surface area contributed by atoms with Gasteiger partial charge in [0.1, 0.15) is 17.2 Å². The fourth-order valence-electron chi connectivity index (χ4n) is 4.09. The van der Waals surface area contributed by atoms with Crippen LogP contribution in [-0.2, 0) is 6.18 Å². The van der Waals surface area contributed by atoms with Crippen molar-refractivity contribution in [2.24, 2.45) is 0 Å². The van der Waals surface area contributed by atoms with Gasteiger partial charge in [0, 0.05) is 22.4 Å². The smallest absolute Gasteiger partial charge is 0.416 e. The lowest BCUT2D eigenvalue weighted by atomic mass is 9.95. The molecule has 0 saturated heterocycles. The first-order valence-electron chi connectivity index (χ1n) is 11.0. The Bertz CT molecular complexity index is 1530. The summed E-state index contributed by atoms with van der Waals surface area (Å²) in [6, 6.07) is 24.1. The number of halogens is 3. The fraction of sp³-hybridized carbons (Fsp3) is 0.0714. The van der Waals surface area contributed by atoms with Crippen LogP contribution in [0.3, 0.4) is 0 Å². The third-order valence-electron chi connectivity index (χ3n) is 5.71. The molecule has 0 aliphatic carbocycles. The normalized spacial score (nSPS) is 11.6. The Morgan fingerprint density at radius 1 is 0.722 bits per heavy atom. The molecule has 180 valence electrons. The van der Waals surface area contributed by atoms with E-state index in [2.05, 4.69) is 4.98 Å². The second-order valence-corrected chi connectivity index (χ2v) is 8.30. The monoisotopic (exact) mass is 487 g/mol. The standard InChI is InChI=1S/C28H20F3N3O2/c1-17-15-21(28(29,30)31)16-24(32-17)34-27(20-9-13-23(36)14-10-20)25(18-5-3-2-4-6-18)26(33-34)19-7-11-22(35)12-8-19/h2-16,35-36H,1H3. The molecule has 0 radical (unpaired) electrons. The van der Waals surface area contributed by atoms with Crippen LogP contribution in [0, 0.1) is 6.92 Å². The van der Waals surface area contributed by atoms with Gasteiger partial charge in [0.05, 0.1) is 11.3 Å². The van der Waals surface area contributed by atoms with Crippen molar-refractivity contribution in [1.82, 2.24) is 14.8 Å². The van der Waals surface area contributed by atoms with Gasteiger partial charge < -0.3 is 10.2 Å². The van der Waals surface area contributed by atoms with Crippen LogP contribution in [0.4, 0.5) is 13.2 Å². The van der Waals surface area contributed by atoms with Gasteiger partial charge in [-0.05, 0) is 73.2 Å². The van der Waals surface area contributed by atoms with Gasteiger partial charge in [0.15, 0.2) is 5.82 Å². The average molecular weight is 487 g/mol. The number of alkyl halides is 3. The molecule has 3 aromatic carbocycles. The zero-order chi connectivity index (χ0) is 25.4. The van der Waals surface area contributed by atoms with E-state index >= 15 is 0 Å². The minimum absolute atomic E-state index is 0.00705. The second kappa shape index (κ2) is 8.88. The highest BCUT2D eigenvalue weighted by molar-refractivity contribution is 5.92. The summed E-state index contributed by atoms with van der Waals surface area (Å²) in [4.78, 5) is 4.39. The largest absolute Gasteiger partial charge is 0.508 e. The number of hydrogen-bond donors (Lipinski definition) is 2. The molecule has 0 aliphatic rings. The molecule has 2 heterocycles. The van der Waals surface area contributed by atoms with Crippen molar-refractivity contribution in [2.75, 3.05) is 0 Å². The molecule has 0 unspecified atom stereocenters. The first-order valence-corrected chi connectivity index (χ1v) is 11.0. The van der Waals surface area contributed by atoms with Crippen molar-refractivity contribution >= 4 is 0 Å². The van der Waals surface area contributed by atoms with Gasteiger partial charge in [-0.1, -0.05) is 30.3 Å². The van der Waals surface area contributed by atoms with Crippen LogP contribution in [-0.4, -0.2) is 25.0 Å². The first-order chi connectivity index (χ1) is 17.2. The van der Waals surface area contributed by atoms with Crippen molar-refractivity contribution in [3.05, 3.63) is 102 Å². The highest BCUT2D eigenvalue weighted by Gasteiger charge is 2.32. The number of rotatable bonds is 4. The molecular weight excluding hydrogens is 467 g/mol. The number of aromatic hydroxyl groups is 2. The Balaban J connectivity index is 1.89. The highest BCUT2D eigenvalue weighted by Crippen LogP contribution is 2.42. The van der Waals surface area contributed by atoms with E-state index in [-0.39, 0.29) is 23.0 Å². The molecule has 0 atom stereocenters. The van der Waals surface area contributed by atoms with Crippen LogP contribution < -0.4 is 0 Å². The Morgan fingerprint density at radius 2 is 1.31 bits per heavy atom. The molecule has 2 aromatic heterocycles. The molecule has 0 fully saturated rings. The van der Waals surface area contributed by atoms with E-state index in [9.17, 15) is 23.4 Å². The van der Waals surface area contributed by atoms with Gasteiger partial charge in [-0.15, -0.1) is 0 Å². The number of benzene rings is 3. The van der Waals surface area contributed by atoms with Crippen molar-refractivity contribution < 1.29 is 23.4 Å². The lowest BCUT2D eigenvalue weighted by Crippen LogP contribution is -2.10. The van der Waals surface area contributed by atoms with E-state index in [0.717, 1.165) is 17.7 Å². The van der Waals surface area contributed by atoms with Crippen molar-refractivity contribution in [1.29, 1.82) is 0 Å². The minimum Gasteiger partial charge on any atom is -0.508 e. The summed E-state index contributed by atoms with van der Waals surface area (Å²) >= 11 is 0. The molecule has 2 N–H and O–H groups in total. The number of hydrogen-bond acceptors (Lipinski definition) is 4. The molecule has 5 rings (SSSR count). The maximum atomic E-state index is 13.7. The number of nitrogens with zero attached hydrogens (tertiary/aromatic N) is 3. The van der Waals surface area contributed by atoms with Crippen LogP contribution in [0.25, 0.3) is 39.5 Å². The Hall–Kier alpha value is -4.59. The van der Waals surface area contributed by atoms with Crippen LogP contribution >= 0.6 is 0 Å². The first kappa shape index (κ1) is 23.2. The van der Waals surface area contributed by atoms with E-state index in [1.165, 1.54) is 35.9 Å². The Kier molecular flexibility index (Phi) is 5.72. The van der Waals surface area contributed by atoms with Crippen LogP contribution in [0.15, 0.2) is 91.0 Å². The van der Waals surface area contributed by atoms with E-state index in [1.54, 1.807) is 24.3 Å². The van der Waals surface area contributed by atoms with Crippen molar-refractivity contribution in [3.8, 4) is 51.0 Å². The number of phenols is 2. The molecule has 36 heavy (non-hydrogen) atoms. The number of aromatic nitrogens is 3. The highest BCUT2D eigenvalue weighted by atomic mass is 19.4.